The van der Waals surface area contributed by atoms with E-state index in [2.05, 4.69) is 52.9 Å². The molecule has 160 valence electrons. The molecule has 0 saturated carbocycles. The molecule has 3 aliphatic rings. The number of halogens is 1. The second kappa shape index (κ2) is 8.76. The Morgan fingerprint density at radius 1 is 1.09 bits per heavy atom. The van der Waals surface area contributed by atoms with Crippen molar-refractivity contribution in [1.29, 1.82) is 0 Å². The van der Waals surface area contributed by atoms with Gasteiger partial charge in [0.2, 0.25) is 0 Å². The number of carbonyl (C=O) groups is 1. The van der Waals surface area contributed by atoms with E-state index in [1.165, 1.54) is 15.5 Å². The smallest absolute Gasteiger partial charge is 0.185 e. The second-order valence-electron chi connectivity index (χ2n) is 7.76. The molecular formula is C26H21ClN2OS2. The van der Waals surface area contributed by atoms with Gasteiger partial charge in [0.1, 0.15) is 5.03 Å². The molecule has 0 bridgehead atoms. The Morgan fingerprint density at radius 3 is 2.78 bits per heavy atom. The molecular weight excluding hydrogens is 456 g/mol. The average Bonchev–Trinajstić information content (AvgIpc) is 3.29. The van der Waals surface area contributed by atoms with E-state index in [9.17, 15) is 4.79 Å². The maximum atomic E-state index is 12.4. The molecule has 0 N–H and O–H groups in total. The zero-order valence-corrected chi connectivity index (χ0v) is 20.0. The van der Waals surface area contributed by atoms with Gasteiger partial charge in [-0.15, -0.1) is 0 Å². The number of likely N-dealkylation sites (N-methyl/N-ethyl adjacent to an activating group) is 1. The summed E-state index contributed by atoms with van der Waals surface area (Å²) in [6.45, 7) is 0. The summed E-state index contributed by atoms with van der Waals surface area (Å²) >= 11 is 9.61. The number of allylic oxidation sites excluding steroid dienone is 6. The SMILES string of the molecule is CN1C(=C=CC2C=CC(=O)C(/C=C/C3Sc4ccccc4N3C)=C2)Sc2ccc(Cl)cc21. The van der Waals surface area contributed by atoms with Crippen molar-refractivity contribution in [2.75, 3.05) is 23.9 Å². The fraction of sp³-hybridized carbons (Fsp3) is 0.154. The van der Waals surface area contributed by atoms with Crippen LogP contribution in [0.3, 0.4) is 0 Å². The van der Waals surface area contributed by atoms with Crippen LogP contribution in [0.4, 0.5) is 11.4 Å². The van der Waals surface area contributed by atoms with E-state index in [-0.39, 0.29) is 17.1 Å². The lowest BCUT2D eigenvalue weighted by molar-refractivity contribution is -0.111. The molecule has 32 heavy (non-hydrogen) atoms. The number of nitrogens with zero attached hydrogens (tertiary/aromatic N) is 2. The number of para-hydroxylation sites is 1. The largest absolute Gasteiger partial charge is 0.358 e. The van der Waals surface area contributed by atoms with E-state index in [1.54, 1.807) is 29.6 Å². The first-order valence-electron chi connectivity index (χ1n) is 10.3. The van der Waals surface area contributed by atoms with Gasteiger partial charge in [0.15, 0.2) is 5.78 Å². The van der Waals surface area contributed by atoms with Gasteiger partial charge >= 0.3 is 0 Å². The summed E-state index contributed by atoms with van der Waals surface area (Å²) in [4.78, 5) is 19.2. The molecule has 2 aliphatic heterocycles. The van der Waals surface area contributed by atoms with Crippen LogP contribution in [-0.4, -0.2) is 25.3 Å². The van der Waals surface area contributed by atoms with Crippen LogP contribution < -0.4 is 9.80 Å². The molecule has 0 radical (unpaired) electrons. The van der Waals surface area contributed by atoms with E-state index >= 15 is 0 Å². The van der Waals surface area contributed by atoms with E-state index < -0.39 is 0 Å². The fourth-order valence-corrected chi connectivity index (χ4v) is 6.20. The molecule has 1 aliphatic carbocycles. The minimum absolute atomic E-state index is 0.0207. The number of benzene rings is 2. The molecule has 2 aromatic rings. The molecule has 2 atom stereocenters. The molecule has 3 nitrogen and oxygen atoms in total. The van der Waals surface area contributed by atoms with Gasteiger partial charge in [-0.2, -0.15) is 0 Å². The van der Waals surface area contributed by atoms with Gasteiger partial charge in [-0.25, -0.2) is 0 Å². The summed E-state index contributed by atoms with van der Waals surface area (Å²) in [7, 11) is 4.10. The average molecular weight is 477 g/mol. The minimum atomic E-state index is 0.0207. The van der Waals surface area contributed by atoms with Crippen LogP contribution in [0, 0.1) is 5.92 Å². The van der Waals surface area contributed by atoms with Crippen molar-refractivity contribution in [3.8, 4) is 0 Å². The van der Waals surface area contributed by atoms with Gasteiger partial charge in [-0.3, -0.25) is 4.79 Å². The lowest BCUT2D eigenvalue weighted by Crippen LogP contribution is -2.22. The summed E-state index contributed by atoms with van der Waals surface area (Å²) in [5.74, 6) is 0.0587. The predicted molar refractivity (Wildman–Crippen MR) is 137 cm³/mol. The highest BCUT2D eigenvalue weighted by molar-refractivity contribution is 8.03. The maximum absolute atomic E-state index is 12.4. The van der Waals surface area contributed by atoms with Crippen molar-refractivity contribution in [2.24, 2.45) is 5.92 Å². The zero-order valence-electron chi connectivity index (χ0n) is 17.7. The minimum Gasteiger partial charge on any atom is -0.358 e. The summed E-state index contributed by atoms with van der Waals surface area (Å²) in [5, 5.41) is 1.92. The van der Waals surface area contributed by atoms with Crippen molar-refractivity contribution in [2.45, 2.75) is 15.2 Å². The highest BCUT2D eigenvalue weighted by Crippen LogP contribution is 2.45. The molecule has 0 amide bonds. The van der Waals surface area contributed by atoms with Gasteiger partial charge in [0.25, 0.3) is 0 Å². The summed E-state index contributed by atoms with van der Waals surface area (Å²) < 4.78 is 0. The standard InChI is InChI=1S/C26H21ClN2OS2/c1-28-20-5-3-4-6-23(20)31-26(28)14-9-18-15-17(7-11-22(18)30)8-13-25-29(2)21-16-19(27)10-12-24(21)32-25/h3-12,14-17,26H,1-2H3/b14-9+. The van der Waals surface area contributed by atoms with Crippen molar-refractivity contribution in [1.82, 2.24) is 0 Å². The number of fused-ring (bicyclic) bond motifs is 2. The Labute approximate surface area is 201 Å². The van der Waals surface area contributed by atoms with Gasteiger partial charge in [-0.1, -0.05) is 77.3 Å². The van der Waals surface area contributed by atoms with Crippen molar-refractivity contribution in [3.05, 3.63) is 100 Å². The van der Waals surface area contributed by atoms with E-state index in [0.29, 0.717) is 5.57 Å². The molecule has 5 rings (SSSR count). The topological polar surface area (TPSA) is 23.6 Å². The normalized spacial score (nSPS) is 21.7. The van der Waals surface area contributed by atoms with Crippen molar-refractivity contribution in [3.63, 3.8) is 0 Å². The number of thioether (sulfide) groups is 2. The van der Waals surface area contributed by atoms with Gasteiger partial charge in [0.05, 0.1) is 16.7 Å². The van der Waals surface area contributed by atoms with Crippen LogP contribution in [0.2, 0.25) is 5.02 Å². The van der Waals surface area contributed by atoms with E-state index in [0.717, 1.165) is 15.7 Å². The van der Waals surface area contributed by atoms with Crippen LogP contribution >= 0.6 is 35.1 Å². The first-order chi connectivity index (χ1) is 15.5. The van der Waals surface area contributed by atoms with E-state index in [1.807, 2.05) is 49.6 Å². The van der Waals surface area contributed by atoms with Crippen LogP contribution in [-0.2, 0) is 4.79 Å². The van der Waals surface area contributed by atoms with Crippen LogP contribution in [0.15, 0.2) is 105 Å². The van der Waals surface area contributed by atoms with Crippen LogP contribution in [0.1, 0.15) is 0 Å². The third-order valence-electron chi connectivity index (χ3n) is 5.63. The van der Waals surface area contributed by atoms with Crippen LogP contribution in [0.25, 0.3) is 0 Å². The molecule has 2 unspecified atom stereocenters. The number of carbonyl (C=O) groups excluding carboxylic acids is 1. The first kappa shape index (κ1) is 21.3. The summed E-state index contributed by atoms with van der Waals surface area (Å²) in [6, 6.07) is 14.3. The summed E-state index contributed by atoms with van der Waals surface area (Å²) in [5.41, 5.74) is 6.44. The third kappa shape index (κ3) is 4.10. The Kier molecular flexibility index (Phi) is 5.83. The maximum Gasteiger partial charge on any atom is 0.185 e. The zero-order chi connectivity index (χ0) is 22.2. The summed E-state index contributed by atoms with van der Waals surface area (Å²) in [6.07, 6.45) is 11.6. The van der Waals surface area contributed by atoms with Crippen LogP contribution in [0.5, 0.6) is 0 Å². The predicted octanol–water partition coefficient (Wildman–Crippen LogP) is 6.68. The number of anilines is 2. The number of hydrogen-bond acceptors (Lipinski definition) is 5. The quantitative estimate of drug-likeness (QED) is 0.459. The van der Waals surface area contributed by atoms with Crippen molar-refractivity contribution < 1.29 is 4.79 Å². The first-order valence-corrected chi connectivity index (χ1v) is 12.4. The molecule has 6 heteroatoms. The Morgan fingerprint density at radius 2 is 1.94 bits per heavy atom. The number of hydrogen-bond donors (Lipinski definition) is 0. The lowest BCUT2D eigenvalue weighted by Gasteiger charge is -2.18. The molecule has 0 saturated heterocycles. The van der Waals surface area contributed by atoms with Crippen molar-refractivity contribution >= 4 is 52.3 Å². The molecule has 0 fully saturated rings. The molecule has 2 aromatic carbocycles. The number of ketones is 1. The fourth-order valence-electron chi connectivity index (χ4n) is 3.84. The Hall–Kier alpha value is -2.56. The number of rotatable bonds is 3. The van der Waals surface area contributed by atoms with Gasteiger partial charge in [-0.05, 0) is 42.5 Å². The van der Waals surface area contributed by atoms with Gasteiger partial charge < -0.3 is 9.80 Å². The highest BCUT2D eigenvalue weighted by Gasteiger charge is 2.25. The lowest BCUT2D eigenvalue weighted by atomic mass is 9.96. The monoisotopic (exact) mass is 476 g/mol. The highest BCUT2D eigenvalue weighted by atomic mass is 35.5. The molecule has 2 heterocycles. The second-order valence-corrected chi connectivity index (χ2v) is 10.4. The Bertz CT molecular complexity index is 1260. The Balaban J connectivity index is 1.33. The molecule has 0 aromatic heterocycles. The van der Waals surface area contributed by atoms with Gasteiger partial charge in [0, 0.05) is 40.4 Å². The van der Waals surface area contributed by atoms with E-state index in [4.69, 9.17) is 11.6 Å². The third-order valence-corrected chi connectivity index (χ3v) is 8.33. The molecule has 0 spiro atoms.